The molecule has 0 aromatic rings. The van der Waals surface area contributed by atoms with E-state index in [0.29, 0.717) is 5.92 Å². The Morgan fingerprint density at radius 3 is 2.29 bits per heavy atom. The number of amidine groups is 1. The number of hydrogen-bond donors (Lipinski definition) is 2. The van der Waals surface area contributed by atoms with Crippen molar-refractivity contribution in [2.45, 2.75) is 32.1 Å². The third-order valence-electron chi connectivity index (χ3n) is 3.05. The van der Waals surface area contributed by atoms with Crippen LogP contribution in [-0.4, -0.2) is 18.8 Å². The number of carbonyl (C=O) groups is 1. The monoisotopic (exact) mass is 197 g/mol. The van der Waals surface area contributed by atoms with Crippen molar-refractivity contribution in [2.75, 3.05) is 7.05 Å². The minimum absolute atomic E-state index is 0.0460. The number of primary amides is 1. The molecular weight excluding hydrogens is 178 g/mol. The van der Waals surface area contributed by atoms with Gasteiger partial charge in [-0.2, -0.15) is 0 Å². The summed E-state index contributed by atoms with van der Waals surface area (Å²) in [6.07, 6.45) is 4.76. The molecule has 1 rings (SSSR count). The highest BCUT2D eigenvalue weighted by Crippen LogP contribution is 2.27. The molecule has 0 aromatic carbocycles. The molecule has 14 heavy (non-hydrogen) atoms. The fraction of sp³-hybridized carbons (Fsp3) is 0.800. The summed E-state index contributed by atoms with van der Waals surface area (Å²) in [6, 6.07) is 0. The molecule has 1 aliphatic carbocycles. The first-order chi connectivity index (χ1) is 6.65. The zero-order valence-electron chi connectivity index (χ0n) is 8.70. The maximum Gasteiger partial charge on any atom is 0.220 e. The van der Waals surface area contributed by atoms with Crippen molar-refractivity contribution in [1.82, 2.24) is 0 Å². The van der Waals surface area contributed by atoms with Crippen LogP contribution in [0.1, 0.15) is 32.1 Å². The van der Waals surface area contributed by atoms with Crippen LogP contribution >= 0.6 is 0 Å². The highest BCUT2D eigenvalue weighted by atomic mass is 16.1. The fourth-order valence-corrected chi connectivity index (χ4v) is 2.06. The van der Waals surface area contributed by atoms with Crippen molar-refractivity contribution >= 4 is 11.7 Å². The van der Waals surface area contributed by atoms with Crippen LogP contribution in [0.15, 0.2) is 4.99 Å². The highest BCUT2D eigenvalue weighted by molar-refractivity contribution is 5.83. The molecule has 0 aromatic heterocycles. The van der Waals surface area contributed by atoms with Crippen LogP contribution in [0.3, 0.4) is 0 Å². The summed E-state index contributed by atoms with van der Waals surface area (Å²) in [5.74, 6) is 0.946. The molecule has 1 saturated carbocycles. The van der Waals surface area contributed by atoms with E-state index in [-0.39, 0.29) is 11.8 Å². The zero-order valence-corrected chi connectivity index (χ0v) is 8.70. The Morgan fingerprint density at radius 1 is 1.14 bits per heavy atom. The molecule has 0 heterocycles. The molecule has 1 fully saturated rings. The number of nitrogens with zero attached hydrogens (tertiary/aromatic N) is 1. The summed E-state index contributed by atoms with van der Waals surface area (Å²) in [5.41, 5.74) is 11.1. The molecule has 2 atom stereocenters. The largest absolute Gasteiger partial charge is 0.387 e. The first-order valence-electron chi connectivity index (χ1n) is 5.16. The Kier molecular flexibility index (Phi) is 3.92. The highest BCUT2D eigenvalue weighted by Gasteiger charge is 2.23. The number of carbonyl (C=O) groups excluding carboxylic acids is 1. The molecule has 4 N–H and O–H groups in total. The number of rotatable bonds is 2. The van der Waals surface area contributed by atoms with Crippen molar-refractivity contribution < 1.29 is 4.79 Å². The van der Waals surface area contributed by atoms with Crippen molar-refractivity contribution in [2.24, 2.45) is 28.3 Å². The third kappa shape index (κ3) is 2.72. The normalized spacial score (nSPS) is 29.6. The van der Waals surface area contributed by atoms with Crippen LogP contribution in [0.2, 0.25) is 0 Å². The quantitative estimate of drug-likeness (QED) is 0.387. The average Bonchev–Trinajstić information content (AvgIpc) is 2.41. The van der Waals surface area contributed by atoms with Gasteiger partial charge in [-0.25, -0.2) is 0 Å². The van der Waals surface area contributed by atoms with E-state index in [1.54, 1.807) is 7.05 Å². The summed E-state index contributed by atoms with van der Waals surface area (Å²) in [5, 5.41) is 0. The van der Waals surface area contributed by atoms with Crippen molar-refractivity contribution in [3.05, 3.63) is 0 Å². The van der Waals surface area contributed by atoms with Gasteiger partial charge in [-0.15, -0.1) is 0 Å². The third-order valence-corrected chi connectivity index (χ3v) is 3.05. The second-order valence-electron chi connectivity index (χ2n) is 3.95. The summed E-state index contributed by atoms with van der Waals surface area (Å²) in [6.45, 7) is 0. The summed E-state index contributed by atoms with van der Waals surface area (Å²) >= 11 is 0. The van der Waals surface area contributed by atoms with E-state index >= 15 is 0 Å². The lowest BCUT2D eigenvalue weighted by Crippen LogP contribution is -2.24. The van der Waals surface area contributed by atoms with E-state index < -0.39 is 0 Å². The molecule has 0 bridgehead atoms. The zero-order chi connectivity index (χ0) is 10.6. The molecule has 2 unspecified atom stereocenters. The Morgan fingerprint density at radius 2 is 1.71 bits per heavy atom. The molecule has 4 heteroatoms. The van der Waals surface area contributed by atoms with E-state index in [9.17, 15) is 4.79 Å². The smallest absolute Gasteiger partial charge is 0.220 e. The van der Waals surface area contributed by atoms with Crippen LogP contribution in [-0.2, 0) is 4.79 Å². The van der Waals surface area contributed by atoms with Gasteiger partial charge in [-0.05, 0) is 25.7 Å². The van der Waals surface area contributed by atoms with Gasteiger partial charge in [0.05, 0.1) is 5.84 Å². The van der Waals surface area contributed by atoms with Gasteiger partial charge in [-0.1, -0.05) is 6.42 Å². The second-order valence-corrected chi connectivity index (χ2v) is 3.95. The SMILES string of the molecule is CN=C(N)C1CCCC(C(N)=O)CC1. The topological polar surface area (TPSA) is 81.5 Å². The molecule has 0 aliphatic heterocycles. The molecule has 1 amide bonds. The summed E-state index contributed by atoms with van der Waals surface area (Å²) in [4.78, 5) is 15.0. The fourth-order valence-electron chi connectivity index (χ4n) is 2.06. The maximum absolute atomic E-state index is 11.0. The molecule has 0 spiro atoms. The van der Waals surface area contributed by atoms with Crippen LogP contribution in [0.5, 0.6) is 0 Å². The van der Waals surface area contributed by atoms with Crippen LogP contribution in [0.4, 0.5) is 0 Å². The lowest BCUT2D eigenvalue weighted by atomic mass is 9.97. The van der Waals surface area contributed by atoms with Gasteiger partial charge >= 0.3 is 0 Å². The van der Waals surface area contributed by atoms with Crippen molar-refractivity contribution in [3.63, 3.8) is 0 Å². The Balaban J connectivity index is 2.53. The van der Waals surface area contributed by atoms with E-state index in [0.717, 1.165) is 37.9 Å². The lowest BCUT2D eigenvalue weighted by molar-refractivity contribution is -0.122. The number of aliphatic imine (C=N–C) groups is 1. The van der Waals surface area contributed by atoms with Gasteiger partial charge in [0.1, 0.15) is 0 Å². The van der Waals surface area contributed by atoms with Gasteiger partial charge in [-0.3, -0.25) is 9.79 Å². The van der Waals surface area contributed by atoms with E-state index in [4.69, 9.17) is 11.5 Å². The van der Waals surface area contributed by atoms with Crippen LogP contribution < -0.4 is 11.5 Å². The molecule has 0 radical (unpaired) electrons. The van der Waals surface area contributed by atoms with Crippen LogP contribution in [0.25, 0.3) is 0 Å². The predicted octanol–water partition coefficient (Wildman–Crippen LogP) is 0.655. The Bertz CT molecular complexity index is 238. The Hall–Kier alpha value is -1.06. The molecular formula is C10H19N3O. The van der Waals surface area contributed by atoms with Gasteiger partial charge in [0.25, 0.3) is 0 Å². The minimum Gasteiger partial charge on any atom is -0.387 e. The predicted molar refractivity (Wildman–Crippen MR) is 56.8 cm³/mol. The van der Waals surface area contributed by atoms with Gasteiger partial charge in [0.2, 0.25) is 5.91 Å². The summed E-state index contributed by atoms with van der Waals surface area (Å²) < 4.78 is 0. The number of hydrogen-bond acceptors (Lipinski definition) is 2. The van der Waals surface area contributed by atoms with Crippen LogP contribution in [0, 0.1) is 11.8 Å². The first kappa shape index (κ1) is 11.0. The minimum atomic E-state index is -0.169. The van der Waals surface area contributed by atoms with Crippen molar-refractivity contribution in [1.29, 1.82) is 0 Å². The number of nitrogens with two attached hydrogens (primary N) is 2. The molecule has 0 saturated heterocycles. The summed E-state index contributed by atoms with van der Waals surface area (Å²) in [7, 11) is 1.71. The Labute approximate surface area is 84.8 Å². The van der Waals surface area contributed by atoms with Crippen molar-refractivity contribution in [3.8, 4) is 0 Å². The second kappa shape index (κ2) is 4.98. The van der Waals surface area contributed by atoms with Gasteiger partial charge in [0, 0.05) is 18.9 Å². The number of amides is 1. The molecule has 4 nitrogen and oxygen atoms in total. The molecule has 1 aliphatic rings. The average molecular weight is 197 g/mol. The lowest BCUT2D eigenvalue weighted by Gasteiger charge is -2.12. The van der Waals surface area contributed by atoms with Gasteiger partial charge in [0.15, 0.2) is 0 Å². The standard InChI is InChI=1S/C10H19N3O/c1-13-9(11)7-3-2-4-8(6-5-7)10(12)14/h7-8H,2-6H2,1H3,(H2,11,13)(H2,12,14). The first-order valence-corrected chi connectivity index (χ1v) is 5.16. The van der Waals surface area contributed by atoms with E-state index in [1.165, 1.54) is 0 Å². The van der Waals surface area contributed by atoms with E-state index in [2.05, 4.69) is 4.99 Å². The molecule has 80 valence electrons. The van der Waals surface area contributed by atoms with E-state index in [1.807, 2.05) is 0 Å². The maximum atomic E-state index is 11.0. The van der Waals surface area contributed by atoms with Gasteiger partial charge < -0.3 is 11.5 Å².